The minimum Gasteiger partial charge on any atom is -0.365 e. The van der Waals surface area contributed by atoms with Crippen LogP contribution in [0.4, 0.5) is 0 Å². The van der Waals surface area contributed by atoms with E-state index in [1.54, 1.807) is 42.5 Å². The Kier molecular flexibility index (Phi) is 12.4. The molecule has 0 saturated carbocycles. The van der Waals surface area contributed by atoms with Gasteiger partial charge in [0.1, 0.15) is 11.6 Å². The van der Waals surface area contributed by atoms with E-state index in [1.165, 1.54) is 0 Å². The smallest absolute Gasteiger partial charge is 0.365 e. The maximum atomic E-state index is 12.8. The maximum Gasteiger partial charge on any atom is 0.394 e. The number of rotatable bonds is 9. The van der Waals surface area contributed by atoms with Crippen LogP contribution in [0.1, 0.15) is 27.6 Å². The quantitative estimate of drug-likeness (QED) is 0.0999. The molecule has 0 amide bonds. The van der Waals surface area contributed by atoms with Crippen molar-refractivity contribution in [3.05, 3.63) is 115 Å². The number of carbonyl (C=O) groups excluding carboxylic acids is 1. The topological polar surface area (TPSA) is 107 Å². The van der Waals surface area contributed by atoms with Crippen LogP contribution in [0, 0.1) is 0 Å². The molecule has 0 spiro atoms. The number of ketones is 1. The first-order valence-corrected chi connectivity index (χ1v) is 15.2. The number of ether oxygens (including phenoxy) is 1. The number of Topliss-reactive ketones (excluding diaryl/α,β-unsaturated/α-hetero) is 1. The molecule has 0 saturated heterocycles. The molecule has 15 heteroatoms. The van der Waals surface area contributed by atoms with Crippen LogP contribution >= 0.6 is 69.6 Å². The van der Waals surface area contributed by atoms with Gasteiger partial charge in [-0.15, -0.1) is 0 Å². The molecular formula is C26H22Cl6N2O6S. The van der Waals surface area contributed by atoms with Crippen molar-refractivity contribution in [1.82, 2.24) is 9.80 Å². The van der Waals surface area contributed by atoms with E-state index < -0.39 is 22.0 Å². The molecule has 0 aromatic heterocycles. The van der Waals surface area contributed by atoms with E-state index >= 15 is 0 Å². The zero-order valence-electron chi connectivity index (χ0n) is 20.8. The van der Waals surface area contributed by atoms with Gasteiger partial charge in [0.15, 0.2) is 5.78 Å². The van der Waals surface area contributed by atoms with Crippen molar-refractivity contribution in [3.63, 3.8) is 0 Å². The third-order valence-electron chi connectivity index (χ3n) is 5.59. The molecule has 3 aromatic carbocycles. The number of carbonyl (C=O) groups is 1. The van der Waals surface area contributed by atoms with Crippen molar-refractivity contribution < 1.29 is 27.1 Å². The molecule has 41 heavy (non-hydrogen) atoms. The number of hydrogen-bond donors (Lipinski definition) is 2. The molecular weight excluding hydrogens is 681 g/mol. The molecule has 2 unspecified atom stereocenters. The summed E-state index contributed by atoms with van der Waals surface area (Å²) in [5, 5.41) is 2.46. The Labute approximate surface area is 267 Å². The van der Waals surface area contributed by atoms with Gasteiger partial charge in [0.2, 0.25) is 0 Å². The Hall–Kier alpha value is -1.76. The molecule has 0 fully saturated rings. The fraction of sp³-hybridized carbons (Fsp3) is 0.192. The van der Waals surface area contributed by atoms with Crippen molar-refractivity contribution >= 4 is 85.8 Å². The van der Waals surface area contributed by atoms with Crippen LogP contribution in [-0.2, 0) is 21.7 Å². The fourth-order valence-electron chi connectivity index (χ4n) is 3.71. The summed E-state index contributed by atoms with van der Waals surface area (Å²) in [4.78, 5) is 16.5. The van der Waals surface area contributed by atoms with Crippen LogP contribution in [0.5, 0.6) is 0 Å². The van der Waals surface area contributed by atoms with Crippen molar-refractivity contribution in [3.8, 4) is 0 Å². The molecule has 1 aliphatic rings. The van der Waals surface area contributed by atoms with E-state index in [-0.39, 0.29) is 18.9 Å². The Morgan fingerprint density at radius 3 is 2.00 bits per heavy atom. The summed E-state index contributed by atoms with van der Waals surface area (Å²) < 4.78 is 37.9. The maximum absolute atomic E-state index is 12.8. The number of alkyl halides is 1. The number of halogens is 6. The van der Waals surface area contributed by atoms with Crippen molar-refractivity contribution in [2.75, 3.05) is 13.2 Å². The summed E-state index contributed by atoms with van der Waals surface area (Å²) in [7, 11) is -4.67. The van der Waals surface area contributed by atoms with Gasteiger partial charge in [-0.3, -0.25) is 13.9 Å². The predicted octanol–water partition coefficient (Wildman–Crippen LogP) is 8.05. The summed E-state index contributed by atoms with van der Waals surface area (Å²) in [6, 6.07) is 17.4. The third kappa shape index (κ3) is 10.8. The van der Waals surface area contributed by atoms with Crippen LogP contribution in [0.25, 0.3) is 0 Å². The molecule has 4 rings (SSSR count). The Bertz CT molecular complexity index is 1500. The molecule has 220 valence electrons. The summed E-state index contributed by atoms with van der Waals surface area (Å²) in [5.74, 6) is -0.128. The van der Waals surface area contributed by atoms with Gasteiger partial charge in [-0.25, -0.2) is 0 Å². The molecule has 0 aliphatic carbocycles. The van der Waals surface area contributed by atoms with Gasteiger partial charge in [0, 0.05) is 38.1 Å². The number of benzene rings is 3. The number of hydrogen-bond acceptors (Lipinski definition) is 6. The van der Waals surface area contributed by atoms with E-state index in [2.05, 4.69) is 0 Å². The molecule has 2 N–H and O–H groups in total. The van der Waals surface area contributed by atoms with Crippen molar-refractivity contribution in [1.29, 1.82) is 0 Å². The van der Waals surface area contributed by atoms with Gasteiger partial charge in [0.05, 0.1) is 24.8 Å². The largest absolute Gasteiger partial charge is 0.394 e. The highest BCUT2D eigenvalue weighted by atomic mass is 35.5. The second kappa shape index (κ2) is 15.1. The zero-order valence-corrected chi connectivity index (χ0v) is 26.2. The molecule has 8 nitrogen and oxygen atoms in total. The van der Waals surface area contributed by atoms with Crippen molar-refractivity contribution in [2.45, 2.75) is 18.2 Å². The SMILES string of the molecule is O=C(CN1C=CN(C(Cl)C(OCc2ccc(Cl)cc2Cl)c2ccc(Cl)cc2)C1)c1ccc(Cl)cc1Cl.O=S(=O)(O)O. The van der Waals surface area contributed by atoms with E-state index in [0.717, 1.165) is 11.1 Å². The van der Waals surface area contributed by atoms with E-state index in [4.69, 9.17) is 91.9 Å². The van der Waals surface area contributed by atoms with E-state index in [0.29, 0.717) is 37.3 Å². The van der Waals surface area contributed by atoms with Crippen LogP contribution in [-0.4, -0.2) is 51.8 Å². The minimum atomic E-state index is -4.67. The van der Waals surface area contributed by atoms with E-state index in [1.807, 2.05) is 40.4 Å². The second-order valence-electron chi connectivity index (χ2n) is 8.59. The molecule has 0 bridgehead atoms. The van der Waals surface area contributed by atoms with Crippen molar-refractivity contribution in [2.24, 2.45) is 0 Å². The van der Waals surface area contributed by atoms with Gasteiger partial charge in [-0.1, -0.05) is 87.8 Å². The minimum absolute atomic E-state index is 0.128. The summed E-state index contributed by atoms with van der Waals surface area (Å²) in [6.07, 6.45) is 3.11. The second-order valence-corrected chi connectivity index (χ2v) is 12.1. The highest BCUT2D eigenvalue weighted by Gasteiger charge is 2.30. The average molecular weight is 703 g/mol. The molecule has 1 heterocycles. The lowest BCUT2D eigenvalue weighted by Crippen LogP contribution is -2.37. The third-order valence-corrected chi connectivity index (χ3v) is 7.46. The van der Waals surface area contributed by atoms with Gasteiger partial charge in [0.25, 0.3) is 0 Å². The van der Waals surface area contributed by atoms with Gasteiger partial charge >= 0.3 is 10.4 Å². The zero-order chi connectivity index (χ0) is 30.3. The normalized spacial score (nSPS) is 14.4. The lowest BCUT2D eigenvalue weighted by Gasteiger charge is -2.31. The standard InChI is InChI=1S/C26H20Cl6N2O2.H2O4S/c27-18-4-1-16(2-5-18)25(36-14-17-3-6-19(28)11-22(17)30)26(32)34-10-9-33(15-34)13-24(35)21-8-7-20(29)12-23(21)31;1-5(2,3)4/h1-12,25-26H,13-15H2;(H2,1,2,3,4). The van der Waals surface area contributed by atoms with Gasteiger partial charge < -0.3 is 14.5 Å². The first-order valence-electron chi connectivity index (χ1n) is 11.5. The Morgan fingerprint density at radius 1 is 0.854 bits per heavy atom. The van der Waals surface area contributed by atoms with Gasteiger partial charge in [-0.2, -0.15) is 8.42 Å². The first-order chi connectivity index (χ1) is 19.2. The average Bonchev–Trinajstić information content (AvgIpc) is 3.33. The van der Waals surface area contributed by atoms with Crippen LogP contribution in [0.15, 0.2) is 73.1 Å². The van der Waals surface area contributed by atoms with E-state index in [9.17, 15) is 4.79 Å². The van der Waals surface area contributed by atoms with Gasteiger partial charge in [-0.05, 0) is 53.6 Å². The first kappa shape index (κ1) is 33.7. The lowest BCUT2D eigenvalue weighted by molar-refractivity contribution is 0.00699. The molecule has 2 atom stereocenters. The van der Waals surface area contributed by atoms with Crippen LogP contribution < -0.4 is 0 Å². The summed E-state index contributed by atoms with van der Waals surface area (Å²) in [6.45, 7) is 0.742. The van der Waals surface area contributed by atoms with Crippen LogP contribution in [0.2, 0.25) is 25.1 Å². The highest BCUT2D eigenvalue weighted by molar-refractivity contribution is 7.79. The predicted molar refractivity (Wildman–Crippen MR) is 163 cm³/mol. The lowest BCUT2D eigenvalue weighted by atomic mass is 10.1. The number of nitrogens with zero attached hydrogens (tertiary/aromatic N) is 2. The molecule has 3 aromatic rings. The Balaban J connectivity index is 0.000000850. The Morgan fingerprint density at radius 2 is 1.41 bits per heavy atom. The monoisotopic (exact) mass is 700 g/mol. The molecule has 0 radical (unpaired) electrons. The summed E-state index contributed by atoms with van der Waals surface area (Å²) >= 11 is 37.5. The summed E-state index contributed by atoms with van der Waals surface area (Å²) in [5.41, 5.74) is 1.46. The van der Waals surface area contributed by atoms with Crippen LogP contribution in [0.3, 0.4) is 0 Å². The highest BCUT2D eigenvalue weighted by Crippen LogP contribution is 2.33. The molecule has 1 aliphatic heterocycles. The fourth-order valence-corrected chi connectivity index (χ4v) is 5.16.